The molecule has 1 aromatic heterocycles. The Hall–Kier alpha value is -1.79. The van der Waals surface area contributed by atoms with Crippen LogP contribution in [0.15, 0.2) is 28.7 Å². The van der Waals surface area contributed by atoms with Gasteiger partial charge in [0.05, 0.1) is 12.7 Å². The van der Waals surface area contributed by atoms with E-state index in [1.54, 1.807) is 11.8 Å². The summed E-state index contributed by atoms with van der Waals surface area (Å²) < 4.78 is 12.2. The molecule has 33 heavy (non-hydrogen) atoms. The zero-order chi connectivity index (χ0) is 23.2. The molecule has 2 fully saturated rings. The summed E-state index contributed by atoms with van der Waals surface area (Å²) in [7, 11) is 0. The summed E-state index contributed by atoms with van der Waals surface area (Å²) in [6.07, 6.45) is 10.4. The van der Waals surface area contributed by atoms with Crippen molar-refractivity contribution in [3.05, 3.63) is 41.3 Å². The third-order valence-corrected chi connectivity index (χ3v) is 8.82. The molecule has 0 aliphatic heterocycles. The Morgan fingerprint density at radius 3 is 2.61 bits per heavy atom. The fraction of sp³-hybridized carbons (Fsp3) is 0.630. The topological polar surface area (TPSA) is 72.6 Å². The first-order valence-electron chi connectivity index (χ1n) is 12.5. The molecular formula is C27H37NO4S. The van der Waals surface area contributed by atoms with Gasteiger partial charge in [-0.25, -0.2) is 4.98 Å². The van der Waals surface area contributed by atoms with Gasteiger partial charge in [-0.1, -0.05) is 43.4 Å². The van der Waals surface area contributed by atoms with Crippen LogP contribution < -0.4 is 0 Å². The van der Waals surface area contributed by atoms with E-state index in [2.05, 4.69) is 24.0 Å². The number of hydrogen-bond donors (Lipinski definition) is 1. The molecule has 2 aliphatic carbocycles. The lowest BCUT2D eigenvalue weighted by Gasteiger charge is -2.31. The number of thioether (sulfide) groups is 1. The highest BCUT2D eigenvalue weighted by Crippen LogP contribution is 2.36. The van der Waals surface area contributed by atoms with Crippen LogP contribution in [0.2, 0.25) is 0 Å². The largest absolute Gasteiger partial charge is 0.480 e. The first kappa shape index (κ1) is 24.3. The van der Waals surface area contributed by atoms with E-state index in [0.29, 0.717) is 24.3 Å². The van der Waals surface area contributed by atoms with Crippen LogP contribution in [-0.4, -0.2) is 33.2 Å². The number of benzene rings is 1. The number of carboxylic acid groups (broad SMARTS) is 1. The van der Waals surface area contributed by atoms with Crippen molar-refractivity contribution in [3.8, 4) is 11.5 Å². The van der Waals surface area contributed by atoms with Gasteiger partial charge in [0.15, 0.2) is 0 Å². The van der Waals surface area contributed by atoms with E-state index in [1.165, 1.54) is 31.2 Å². The van der Waals surface area contributed by atoms with Crippen LogP contribution in [0, 0.1) is 25.7 Å². The Bertz CT molecular complexity index is 903. The van der Waals surface area contributed by atoms with E-state index in [-0.39, 0.29) is 11.4 Å². The van der Waals surface area contributed by atoms with Crippen LogP contribution in [-0.2, 0) is 16.1 Å². The Morgan fingerprint density at radius 1 is 1.12 bits per heavy atom. The van der Waals surface area contributed by atoms with Crippen LogP contribution >= 0.6 is 11.8 Å². The third-order valence-electron chi connectivity index (χ3n) is 7.21. The molecule has 0 radical (unpaired) electrons. The van der Waals surface area contributed by atoms with Crippen molar-refractivity contribution in [1.29, 1.82) is 0 Å². The predicted molar refractivity (Wildman–Crippen MR) is 132 cm³/mol. The summed E-state index contributed by atoms with van der Waals surface area (Å²) in [5, 5.41) is 9.53. The first-order chi connectivity index (χ1) is 16.0. The molecule has 0 bridgehead atoms. The highest BCUT2D eigenvalue weighted by molar-refractivity contribution is 8.00. The van der Waals surface area contributed by atoms with Gasteiger partial charge in [-0.05, 0) is 75.7 Å². The van der Waals surface area contributed by atoms with Crippen molar-refractivity contribution in [2.45, 2.75) is 89.6 Å². The first-order valence-corrected chi connectivity index (χ1v) is 13.5. The summed E-state index contributed by atoms with van der Waals surface area (Å²) in [4.78, 5) is 16.6. The van der Waals surface area contributed by atoms with Gasteiger partial charge in [0.25, 0.3) is 0 Å². The molecule has 180 valence electrons. The summed E-state index contributed by atoms with van der Waals surface area (Å²) in [5.41, 5.74) is 3.06. The van der Waals surface area contributed by atoms with Gasteiger partial charge in [0.1, 0.15) is 16.7 Å². The highest BCUT2D eigenvalue weighted by Gasteiger charge is 2.31. The van der Waals surface area contributed by atoms with E-state index < -0.39 is 5.97 Å². The lowest BCUT2D eigenvalue weighted by molar-refractivity contribution is -0.137. The highest BCUT2D eigenvalue weighted by atomic mass is 32.2. The lowest BCUT2D eigenvalue weighted by Crippen LogP contribution is -2.30. The number of rotatable bonds is 9. The molecule has 5 nitrogen and oxygen atoms in total. The number of aromatic nitrogens is 1. The molecule has 0 amide bonds. The van der Waals surface area contributed by atoms with Crippen LogP contribution in [0.4, 0.5) is 0 Å². The fourth-order valence-corrected chi connectivity index (χ4v) is 6.68. The smallest absolute Gasteiger partial charge is 0.316 e. The van der Waals surface area contributed by atoms with Crippen LogP contribution in [0.3, 0.4) is 0 Å². The number of carboxylic acids is 1. The second kappa shape index (κ2) is 11.6. The maximum absolute atomic E-state index is 11.9. The molecule has 0 saturated heterocycles. The number of aryl methyl sites for hydroxylation is 2. The van der Waals surface area contributed by atoms with Gasteiger partial charge >= 0.3 is 5.97 Å². The number of hydrogen-bond acceptors (Lipinski definition) is 5. The van der Waals surface area contributed by atoms with Crippen molar-refractivity contribution in [1.82, 2.24) is 4.98 Å². The lowest BCUT2D eigenvalue weighted by atomic mass is 9.87. The average molecular weight is 472 g/mol. The summed E-state index contributed by atoms with van der Waals surface area (Å²) >= 11 is 1.68. The number of ether oxygens (including phenoxy) is 1. The zero-order valence-corrected chi connectivity index (χ0v) is 20.7. The van der Waals surface area contributed by atoms with E-state index in [1.807, 2.05) is 19.1 Å². The maximum Gasteiger partial charge on any atom is 0.316 e. The van der Waals surface area contributed by atoms with Gasteiger partial charge in [-0.15, -0.1) is 11.8 Å². The number of carbonyl (C=O) groups is 1. The molecule has 2 aromatic rings. The summed E-state index contributed by atoms with van der Waals surface area (Å²) in [6, 6.07) is 8.20. The minimum atomic E-state index is -0.624. The molecule has 2 aliphatic rings. The van der Waals surface area contributed by atoms with E-state index in [0.717, 1.165) is 54.9 Å². The van der Waals surface area contributed by atoms with Crippen molar-refractivity contribution in [2.75, 3.05) is 5.75 Å². The Morgan fingerprint density at radius 2 is 1.88 bits per heavy atom. The van der Waals surface area contributed by atoms with Crippen molar-refractivity contribution in [2.24, 2.45) is 11.8 Å². The minimum Gasteiger partial charge on any atom is -0.480 e. The normalized spacial score (nSPS) is 22.8. The number of aliphatic carboxylic acids is 1. The average Bonchev–Trinajstić information content (AvgIpc) is 3.19. The molecule has 1 unspecified atom stereocenters. The SMILES string of the molecule is Cc1ccc(-c2nc(CO[C@@H]3CCC[C@H](CSC(C(=O)O)C4CCCCC4)C3)c(C)o2)cc1. The molecule has 1 N–H and O–H groups in total. The van der Waals surface area contributed by atoms with Crippen molar-refractivity contribution in [3.63, 3.8) is 0 Å². The maximum atomic E-state index is 11.9. The molecule has 4 rings (SSSR count). The Kier molecular flexibility index (Phi) is 8.53. The second-order valence-corrected chi connectivity index (χ2v) is 11.0. The van der Waals surface area contributed by atoms with Gasteiger partial charge in [0, 0.05) is 5.56 Å². The Labute approximate surface area is 201 Å². The molecular weight excluding hydrogens is 434 g/mol. The monoisotopic (exact) mass is 471 g/mol. The summed E-state index contributed by atoms with van der Waals surface area (Å²) in [5.74, 6) is 2.63. The molecule has 6 heteroatoms. The Balaban J connectivity index is 1.27. The number of nitrogens with zero attached hydrogens (tertiary/aromatic N) is 1. The molecule has 3 atom stereocenters. The number of oxazole rings is 1. The molecule has 1 aromatic carbocycles. The predicted octanol–water partition coefficient (Wildman–Crippen LogP) is 6.80. The minimum absolute atomic E-state index is 0.209. The standard InChI is InChI=1S/C27H37NO4S/c1-18-11-13-22(14-12-18)26-28-24(19(2)32-26)16-31-23-10-6-7-20(15-23)17-33-25(27(29)30)21-8-4-3-5-9-21/h11-14,20-21,23,25H,3-10,15-17H2,1-2H3,(H,29,30)/t20-,23+,25?/m0/s1. The van der Waals surface area contributed by atoms with Gasteiger partial charge in [-0.2, -0.15) is 0 Å². The molecule has 1 heterocycles. The van der Waals surface area contributed by atoms with Crippen LogP contribution in [0.1, 0.15) is 74.8 Å². The van der Waals surface area contributed by atoms with Crippen molar-refractivity contribution >= 4 is 17.7 Å². The van der Waals surface area contributed by atoms with Crippen LogP contribution in [0.5, 0.6) is 0 Å². The van der Waals surface area contributed by atoms with Gasteiger partial charge in [-0.3, -0.25) is 4.79 Å². The second-order valence-electron chi connectivity index (χ2n) is 9.84. The third kappa shape index (κ3) is 6.63. The van der Waals surface area contributed by atoms with Gasteiger partial charge < -0.3 is 14.3 Å². The summed E-state index contributed by atoms with van der Waals surface area (Å²) in [6.45, 7) is 4.48. The van der Waals surface area contributed by atoms with E-state index in [4.69, 9.17) is 9.15 Å². The van der Waals surface area contributed by atoms with E-state index >= 15 is 0 Å². The zero-order valence-electron chi connectivity index (χ0n) is 19.9. The van der Waals surface area contributed by atoms with Crippen LogP contribution in [0.25, 0.3) is 11.5 Å². The van der Waals surface area contributed by atoms with Gasteiger partial charge in [0.2, 0.25) is 5.89 Å². The van der Waals surface area contributed by atoms with E-state index in [9.17, 15) is 9.90 Å². The fourth-order valence-electron chi connectivity index (χ4n) is 5.21. The quantitative estimate of drug-likeness (QED) is 0.433. The van der Waals surface area contributed by atoms with Crippen molar-refractivity contribution < 1.29 is 19.1 Å². The molecule has 2 saturated carbocycles. The molecule has 0 spiro atoms.